The highest BCUT2D eigenvalue weighted by Gasteiger charge is 2.45. The fraction of sp³-hybridized carbons (Fsp3) is 0.214. The molecule has 0 atom stereocenters. The number of nitrogens with zero attached hydrogens (tertiary/aromatic N) is 2. The van der Waals surface area contributed by atoms with Crippen LogP contribution in [0.1, 0.15) is 22.3 Å². The molecule has 0 aliphatic carbocycles. The second kappa shape index (κ2) is 8.37. The number of methoxy groups -OCH3 is 2. The largest absolute Gasteiger partial charge is 0.497 e. The van der Waals surface area contributed by atoms with Gasteiger partial charge in [-0.2, -0.15) is 0 Å². The predicted octanol–water partition coefficient (Wildman–Crippen LogP) is 4.67. The van der Waals surface area contributed by atoms with E-state index < -0.39 is 0 Å². The molecule has 2 heterocycles. The van der Waals surface area contributed by atoms with Crippen LogP contribution in [-0.2, 0) is 16.0 Å². The Balaban J connectivity index is 1.72. The van der Waals surface area contributed by atoms with Crippen molar-refractivity contribution in [2.75, 3.05) is 30.6 Å². The number of imide groups is 1. The van der Waals surface area contributed by atoms with Crippen molar-refractivity contribution in [1.82, 2.24) is 0 Å². The van der Waals surface area contributed by atoms with Crippen LogP contribution >= 0.6 is 0 Å². The first-order valence-corrected chi connectivity index (χ1v) is 11.2. The van der Waals surface area contributed by atoms with E-state index in [0.29, 0.717) is 35.0 Å². The summed E-state index contributed by atoms with van der Waals surface area (Å²) in [5.41, 5.74) is 6.18. The van der Waals surface area contributed by atoms with Crippen LogP contribution in [0.4, 0.5) is 11.4 Å². The third-order valence-electron chi connectivity index (χ3n) is 6.64. The van der Waals surface area contributed by atoms with Crippen LogP contribution in [0.2, 0.25) is 0 Å². The second-order valence-electron chi connectivity index (χ2n) is 8.54. The molecule has 0 saturated carbocycles. The monoisotopic (exact) mass is 454 g/mol. The summed E-state index contributed by atoms with van der Waals surface area (Å²) in [6, 6.07) is 19.0. The lowest BCUT2D eigenvalue weighted by molar-refractivity contribution is -0.120. The smallest absolute Gasteiger partial charge is 0.282 e. The molecule has 5 rings (SSSR count). The fourth-order valence-corrected chi connectivity index (χ4v) is 4.69. The summed E-state index contributed by atoms with van der Waals surface area (Å²) in [6.07, 6.45) is 0.809. The van der Waals surface area contributed by atoms with Crippen LogP contribution in [-0.4, -0.2) is 32.6 Å². The summed E-state index contributed by atoms with van der Waals surface area (Å²) >= 11 is 0. The summed E-state index contributed by atoms with van der Waals surface area (Å²) in [6.45, 7) is 4.67. The lowest BCUT2D eigenvalue weighted by Gasteiger charge is -2.22. The molecule has 0 bridgehead atoms. The van der Waals surface area contributed by atoms with Gasteiger partial charge in [0.25, 0.3) is 11.8 Å². The predicted molar refractivity (Wildman–Crippen MR) is 132 cm³/mol. The molecule has 0 radical (unpaired) electrons. The molecule has 3 aromatic carbocycles. The molecule has 6 heteroatoms. The lowest BCUT2D eigenvalue weighted by Crippen LogP contribution is -2.35. The Morgan fingerprint density at radius 3 is 2.32 bits per heavy atom. The van der Waals surface area contributed by atoms with E-state index in [2.05, 4.69) is 6.07 Å². The summed E-state index contributed by atoms with van der Waals surface area (Å²) < 4.78 is 10.9. The van der Waals surface area contributed by atoms with Gasteiger partial charge in [-0.3, -0.25) is 9.59 Å². The lowest BCUT2D eigenvalue weighted by atomic mass is 9.99. The Hall–Kier alpha value is -4.06. The number of anilines is 2. The second-order valence-corrected chi connectivity index (χ2v) is 8.54. The first-order chi connectivity index (χ1) is 16.4. The molecular formula is C28H26N2O4. The standard InChI is InChI=1S/C28H26N2O4/c1-17-9-10-20(15-18(17)2)25-26(29-14-13-19-7-5-6-8-22(19)29)28(32)30(27(25)31)23-16-21(33-3)11-12-24(23)34-4/h5-12,15-16H,13-14H2,1-4H3. The van der Waals surface area contributed by atoms with Crippen LogP contribution in [0.15, 0.2) is 66.4 Å². The minimum Gasteiger partial charge on any atom is -0.497 e. The van der Waals surface area contributed by atoms with Crippen molar-refractivity contribution < 1.29 is 19.1 Å². The number of ether oxygens (including phenoxy) is 2. The van der Waals surface area contributed by atoms with Crippen LogP contribution in [0.25, 0.3) is 5.57 Å². The summed E-state index contributed by atoms with van der Waals surface area (Å²) in [4.78, 5) is 31.2. The normalized spacial score (nSPS) is 15.3. The number of amides is 2. The third kappa shape index (κ3) is 3.34. The van der Waals surface area contributed by atoms with E-state index in [1.807, 2.05) is 55.1 Å². The number of rotatable bonds is 5. The number of carbonyl (C=O) groups is 2. The highest BCUT2D eigenvalue weighted by Crippen LogP contribution is 2.43. The number of hydrogen-bond donors (Lipinski definition) is 0. The van der Waals surface area contributed by atoms with Gasteiger partial charge < -0.3 is 14.4 Å². The van der Waals surface area contributed by atoms with Crippen molar-refractivity contribution >= 4 is 28.8 Å². The highest BCUT2D eigenvalue weighted by molar-refractivity contribution is 6.46. The molecule has 0 unspecified atom stereocenters. The van der Waals surface area contributed by atoms with E-state index >= 15 is 0 Å². The van der Waals surface area contributed by atoms with Gasteiger partial charge in [0, 0.05) is 18.3 Å². The summed E-state index contributed by atoms with van der Waals surface area (Å²) in [5.74, 6) is 0.203. The molecule has 2 amide bonds. The number of para-hydroxylation sites is 1. The van der Waals surface area contributed by atoms with Crippen molar-refractivity contribution in [3.63, 3.8) is 0 Å². The first kappa shape index (κ1) is 21.8. The Kier molecular flexibility index (Phi) is 5.36. The topological polar surface area (TPSA) is 59.1 Å². The fourth-order valence-electron chi connectivity index (χ4n) is 4.69. The summed E-state index contributed by atoms with van der Waals surface area (Å²) in [7, 11) is 3.07. The highest BCUT2D eigenvalue weighted by atomic mass is 16.5. The van der Waals surface area contributed by atoms with Crippen LogP contribution < -0.4 is 19.3 Å². The van der Waals surface area contributed by atoms with Crippen molar-refractivity contribution in [3.8, 4) is 11.5 Å². The van der Waals surface area contributed by atoms with Gasteiger partial charge >= 0.3 is 0 Å². The molecule has 0 saturated heterocycles. The van der Waals surface area contributed by atoms with Gasteiger partial charge in [-0.25, -0.2) is 4.90 Å². The average molecular weight is 455 g/mol. The Bertz CT molecular complexity index is 1360. The molecule has 2 aliphatic heterocycles. The molecule has 172 valence electrons. The molecule has 0 aromatic heterocycles. The van der Waals surface area contributed by atoms with Gasteiger partial charge in [0.05, 0.1) is 25.5 Å². The van der Waals surface area contributed by atoms with Gasteiger partial charge in [0.15, 0.2) is 0 Å². The van der Waals surface area contributed by atoms with Crippen LogP contribution in [0.5, 0.6) is 11.5 Å². The number of benzene rings is 3. The van der Waals surface area contributed by atoms with E-state index in [4.69, 9.17) is 9.47 Å². The van der Waals surface area contributed by atoms with E-state index in [-0.39, 0.29) is 11.8 Å². The van der Waals surface area contributed by atoms with Crippen LogP contribution in [0.3, 0.4) is 0 Å². The number of carbonyl (C=O) groups excluding carboxylic acids is 2. The van der Waals surface area contributed by atoms with E-state index in [1.54, 1.807) is 25.3 Å². The van der Waals surface area contributed by atoms with Gasteiger partial charge in [0.2, 0.25) is 0 Å². The van der Waals surface area contributed by atoms with E-state index in [1.165, 1.54) is 12.0 Å². The maximum Gasteiger partial charge on any atom is 0.282 e. The molecule has 34 heavy (non-hydrogen) atoms. The quantitative estimate of drug-likeness (QED) is 0.525. The Morgan fingerprint density at radius 2 is 1.59 bits per heavy atom. The van der Waals surface area contributed by atoms with Crippen molar-refractivity contribution in [1.29, 1.82) is 0 Å². The molecule has 2 aliphatic rings. The average Bonchev–Trinajstić information content (AvgIpc) is 3.38. The zero-order chi connectivity index (χ0) is 24.0. The SMILES string of the molecule is COc1ccc(OC)c(N2C(=O)C(c3ccc(C)c(C)c3)=C(N3CCc4ccccc43)C2=O)c1. The van der Waals surface area contributed by atoms with Crippen molar-refractivity contribution in [2.45, 2.75) is 20.3 Å². The minimum absolute atomic E-state index is 0.362. The molecule has 6 nitrogen and oxygen atoms in total. The molecule has 0 N–H and O–H groups in total. The molecule has 0 fully saturated rings. The third-order valence-corrected chi connectivity index (χ3v) is 6.64. The number of hydrogen-bond acceptors (Lipinski definition) is 5. The zero-order valence-electron chi connectivity index (χ0n) is 19.7. The Morgan fingerprint density at radius 1 is 0.794 bits per heavy atom. The molecule has 3 aromatic rings. The van der Waals surface area contributed by atoms with Gasteiger partial charge in [0.1, 0.15) is 17.2 Å². The van der Waals surface area contributed by atoms with Gasteiger partial charge in [-0.05, 0) is 60.7 Å². The van der Waals surface area contributed by atoms with Gasteiger partial charge in [-0.15, -0.1) is 0 Å². The van der Waals surface area contributed by atoms with E-state index in [0.717, 1.165) is 34.4 Å². The number of aryl methyl sites for hydroxylation is 2. The van der Waals surface area contributed by atoms with Gasteiger partial charge in [-0.1, -0.05) is 36.4 Å². The van der Waals surface area contributed by atoms with Crippen molar-refractivity contribution in [3.05, 3.63) is 88.6 Å². The maximum absolute atomic E-state index is 14.0. The number of fused-ring (bicyclic) bond motifs is 1. The summed E-state index contributed by atoms with van der Waals surface area (Å²) in [5, 5.41) is 0. The molecular weight excluding hydrogens is 428 g/mol. The molecule has 0 spiro atoms. The van der Waals surface area contributed by atoms with Crippen LogP contribution in [0, 0.1) is 13.8 Å². The first-order valence-electron chi connectivity index (χ1n) is 11.2. The minimum atomic E-state index is -0.376. The Labute approximate surface area is 199 Å². The maximum atomic E-state index is 14.0. The zero-order valence-corrected chi connectivity index (χ0v) is 19.7. The van der Waals surface area contributed by atoms with E-state index in [9.17, 15) is 9.59 Å². The van der Waals surface area contributed by atoms with Crippen molar-refractivity contribution in [2.24, 2.45) is 0 Å².